The first-order valence-corrected chi connectivity index (χ1v) is 9.09. The summed E-state index contributed by atoms with van der Waals surface area (Å²) in [5.74, 6) is -0.167. The zero-order valence-corrected chi connectivity index (χ0v) is 15.3. The molecule has 4 N–H and O–H groups in total. The minimum Gasteiger partial charge on any atom is -0.493 e. The topological polar surface area (TPSA) is 75.7 Å². The molecule has 0 aliphatic heterocycles. The van der Waals surface area contributed by atoms with Gasteiger partial charge < -0.3 is 20.7 Å². The summed E-state index contributed by atoms with van der Waals surface area (Å²) in [6.07, 6.45) is 0.829. The average molecular weight is 393 g/mol. The van der Waals surface area contributed by atoms with Gasteiger partial charge in [-0.05, 0) is 37.0 Å². The molecule has 27 heavy (non-hydrogen) atoms. The van der Waals surface area contributed by atoms with Gasteiger partial charge in [0.05, 0.1) is 30.9 Å². The lowest BCUT2D eigenvalue weighted by Gasteiger charge is -2.24. The summed E-state index contributed by atoms with van der Waals surface area (Å²) in [6.45, 7) is 1.49. The second-order valence-electron chi connectivity index (χ2n) is 6.77. The van der Waals surface area contributed by atoms with Crippen LogP contribution in [-0.2, 0) is 12.6 Å². The number of ether oxygens (including phenoxy) is 1. The Morgan fingerprint density at radius 2 is 1.67 bits per heavy atom. The first kappa shape index (κ1) is 25.7. The molecule has 0 bridgehead atoms. The number of alkyl halides is 3. The van der Waals surface area contributed by atoms with Gasteiger partial charge in [-0.2, -0.15) is 13.2 Å². The van der Waals surface area contributed by atoms with Crippen LogP contribution in [-0.4, -0.2) is 35.6 Å². The molecule has 0 aromatic heterocycles. The first-order valence-electron chi connectivity index (χ1n) is 9.09. The maximum Gasteiger partial charge on any atom is 0.419 e. The molecule has 158 valence electrons. The fraction of sp³-hybridized carbons (Fsp3) is 0.700. The van der Waals surface area contributed by atoms with Crippen molar-refractivity contribution < 1.29 is 28.1 Å². The van der Waals surface area contributed by atoms with Crippen molar-refractivity contribution in [1.29, 1.82) is 0 Å². The highest BCUT2D eigenvalue weighted by Crippen LogP contribution is 2.37. The number of hydrogen-bond acceptors (Lipinski definition) is 4. The van der Waals surface area contributed by atoms with E-state index in [1.165, 1.54) is 6.07 Å². The van der Waals surface area contributed by atoms with Crippen molar-refractivity contribution >= 4 is 0 Å². The van der Waals surface area contributed by atoms with Crippen molar-refractivity contribution in [3.05, 3.63) is 29.3 Å². The Balaban J connectivity index is 0.00000676. The zero-order chi connectivity index (χ0) is 19.6. The molecular weight excluding hydrogens is 359 g/mol. The lowest BCUT2D eigenvalue weighted by Crippen LogP contribution is -2.47. The third kappa shape index (κ3) is 8.95. The molecule has 0 radical (unpaired) electrons. The van der Waals surface area contributed by atoms with Crippen molar-refractivity contribution in [2.24, 2.45) is 5.73 Å². The minimum atomic E-state index is -4.51. The van der Waals surface area contributed by atoms with E-state index in [1.54, 1.807) is 6.07 Å². The van der Waals surface area contributed by atoms with Crippen LogP contribution in [0.15, 0.2) is 18.2 Å². The predicted molar refractivity (Wildman–Crippen MR) is 102 cm³/mol. The predicted octanol–water partition coefficient (Wildman–Crippen LogP) is 4.31. The molecule has 0 unspecified atom stereocenters. The van der Waals surface area contributed by atoms with Crippen LogP contribution >= 0.6 is 0 Å². The second kappa shape index (κ2) is 12.2. The highest BCUT2D eigenvalue weighted by molar-refractivity contribution is 5.39. The van der Waals surface area contributed by atoms with E-state index in [4.69, 9.17) is 10.5 Å². The monoisotopic (exact) mass is 393 g/mol. The Labute approximate surface area is 160 Å². The van der Waals surface area contributed by atoms with Crippen LogP contribution < -0.4 is 10.5 Å². The lowest BCUT2D eigenvalue weighted by molar-refractivity contribution is -0.139. The average Bonchev–Trinajstić information content (AvgIpc) is 2.62. The van der Waals surface area contributed by atoms with Crippen LogP contribution in [0.3, 0.4) is 0 Å². The molecule has 0 spiro atoms. The summed E-state index contributed by atoms with van der Waals surface area (Å²) in [5, 5.41) is 18.4. The van der Waals surface area contributed by atoms with Gasteiger partial charge in [-0.3, -0.25) is 0 Å². The van der Waals surface area contributed by atoms with Crippen LogP contribution in [0.5, 0.6) is 5.75 Å². The highest BCUT2D eigenvalue weighted by atomic mass is 19.4. The van der Waals surface area contributed by atoms with Crippen molar-refractivity contribution in [2.45, 2.75) is 71.0 Å². The molecule has 1 aromatic carbocycles. The van der Waals surface area contributed by atoms with Gasteiger partial charge in [-0.15, -0.1) is 0 Å². The molecule has 0 fully saturated rings. The van der Waals surface area contributed by atoms with Gasteiger partial charge in [0.25, 0.3) is 0 Å². The molecular formula is C20H34F3NO3. The number of unbranched alkanes of at least 4 members (excludes halogenated alkanes) is 4. The summed E-state index contributed by atoms with van der Waals surface area (Å²) >= 11 is 0. The van der Waals surface area contributed by atoms with Crippen molar-refractivity contribution in [1.82, 2.24) is 0 Å². The fourth-order valence-electron chi connectivity index (χ4n) is 2.57. The molecule has 1 aromatic rings. The third-order valence-corrected chi connectivity index (χ3v) is 4.40. The van der Waals surface area contributed by atoms with E-state index in [2.05, 4.69) is 6.92 Å². The van der Waals surface area contributed by atoms with Crippen molar-refractivity contribution in [3.8, 4) is 5.75 Å². The van der Waals surface area contributed by atoms with Gasteiger partial charge in [0.15, 0.2) is 0 Å². The molecule has 7 heteroatoms. The van der Waals surface area contributed by atoms with E-state index in [1.807, 2.05) is 0 Å². The summed E-state index contributed by atoms with van der Waals surface area (Å²) in [7, 11) is 0. The maximum absolute atomic E-state index is 13.3. The normalized spacial score (nSPS) is 12.0. The van der Waals surface area contributed by atoms with E-state index in [-0.39, 0.29) is 32.6 Å². The number of nitrogens with two attached hydrogens (primary N) is 1. The van der Waals surface area contributed by atoms with Crippen LogP contribution in [0.4, 0.5) is 13.2 Å². The Morgan fingerprint density at radius 3 is 2.22 bits per heavy atom. The number of benzene rings is 1. The molecule has 0 aliphatic carbocycles. The largest absolute Gasteiger partial charge is 0.493 e. The summed E-state index contributed by atoms with van der Waals surface area (Å²) < 4.78 is 45.3. The van der Waals surface area contributed by atoms with Crippen LogP contribution in [0.1, 0.15) is 64.0 Å². The Hall–Kier alpha value is -1.31. The zero-order valence-electron chi connectivity index (χ0n) is 15.3. The SMILES string of the molecule is C.CCCCCCCOc1ccc(CCC(N)(CO)CO)cc1C(F)(F)F. The van der Waals surface area contributed by atoms with Crippen molar-refractivity contribution in [3.63, 3.8) is 0 Å². The number of aliphatic hydroxyl groups is 2. The van der Waals surface area contributed by atoms with Crippen molar-refractivity contribution in [2.75, 3.05) is 19.8 Å². The quantitative estimate of drug-likeness (QED) is 0.463. The Bertz CT molecular complexity index is 532. The molecule has 0 atom stereocenters. The van der Waals surface area contributed by atoms with Gasteiger partial charge in [0.1, 0.15) is 5.75 Å². The minimum absolute atomic E-state index is 0. The molecule has 0 amide bonds. The number of hydrogen-bond donors (Lipinski definition) is 3. The van der Waals surface area contributed by atoms with E-state index in [0.29, 0.717) is 5.56 Å². The standard InChI is InChI=1S/C19H30F3NO3.CH4/c1-2-3-4-5-6-11-26-17-8-7-15(12-16(17)19(20,21)22)9-10-18(23,13-24)14-25;/h7-8,12,24-25H,2-6,9-11,13-14,23H2,1H3;1H4. The molecule has 0 heterocycles. The van der Waals surface area contributed by atoms with Gasteiger partial charge >= 0.3 is 6.18 Å². The molecule has 0 aliphatic rings. The number of aliphatic hydroxyl groups excluding tert-OH is 2. The van der Waals surface area contributed by atoms with E-state index in [0.717, 1.165) is 38.2 Å². The van der Waals surface area contributed by atoms with Gasteiger partial charge in [-0.1, -0.05) is 46.1 Å². The lowest BCUT2D eigenvalue weighted by atomic mass is 9.93. The Kier molecular flexibility index (Phi) is 11.6. The first-order chi connectivity index (χ1) is 12.3. The molecule has 0 saturated heterocycles. The summed E-state index contributed by atoms with van der Waals surface area (Å²) in [6, 6.07) is 3.96. The fourth-order valence-corrected chi connectivity index (χ4v) is 2.57. The van der Waals surface area contributed by atoms with Crippen LogP contribution in [0.2, 0.25) is 0 Å². The van der Waals surface area contributed by atoms with Crippen LogP contribution in [0.25, 0.3) is 0 Å². The van der Waals surface area contributed by atoms with Gasteiger partial charge in [0, 0.05) is 0 Å². The molecule has 1 rings (SSSR count). The highest BCUT2D eigenvalue weighted by Gasteiger charge is 2.35. The summed E-state index contributed by atoms with van der Waals surface area (Å²) in [4.78, 5) is 0. The van der Waals surface area contributed by atoms with E-state index >= 15 is 0 Å². The number of rotatable bonds is 12. The van der Waals surface area contributed by atoms with Gasteiger partial charge in [-0.25, -0.2) is 0 Å². The van der Waals surface area contributed by atoms with E-state index < -0.39 is 30.5 Å². The third-order valence-electron chi connectivity index (χ3n) is 4.40. The second-order valence-corrected chi connectivity index (χ2v) is 6.77. The van der Waals surface area contributed by atoms with Crippen LogP contribution in [0, 0.1) is 0 Å². The number of aryl methyl sites for hydroxylation is 1. The summed E-state index contributed by atoms with van der Waals surface area (Å²) in [5.41, 5.74) is 4.19. The smallest absolute Gasteiger partial charge is 0.419 e. The maximum atomic E-state index is 13.3. The van der Waals surface area contributed by atoms with E-state index in [9.17, 15) is 23.4 Å². The molecule has 4 nitrogen and oxygen atoms in total. The van der Waals surface area contributed by atoms with Gasteiger partial charge in [0.2, 0.25) is 0 Å². The number of halogens is 3. The molecule has 0 saturated carbocycles. The Morgan fingerprint density at radius 1 is 1.04 bits per heavy atom.